The van der Waals surface area contributed by atoms with Crippen LogP contribution in [0.5, 0.6) is 0 Å². The molecule has 0 aliphatic carbocycles. The van der Waals surface area contributed by atoms with Gasteiger partial charge in [0.2, 0.25) is 5.91 Å². The molecule has 1 aliphatic heterocycles. The summed E-state index contributed by atoms with van der Waals surface area (Å²) in [5.74, 6) is -0.249. The van der Waals surface area contributed by atoms with E-state index in [4.69, 9.17) is 10.5 Å². The van der Waals surface area contributed by atoms with Gasteiger partial charge >= 0.3 is 5.69 Å². The highest BCUT2D eigenvalue weighted by Gasteiger charge is 2.33. The summed E-state index contributed by atoms with van der Waals surface area (Å²) in [5.41, 5.74) is 5.92. The molecule has 1 heterocycles. The Bertz CT molecular complexity index is 534. The van der Waals surface area contributed by atoms with Crippen LogP contribution in [0.25, 0.3) is 0 Å². The number of carbonyl (C=O) groups is 1. The third kappa shape index (κ3) is 2.50. The van der Waals surface area contributed by atoms with Crippen LogP contribution in [0.4, 0.5) is 17.1 Å². The number of hydrogen-bond donors (Lipinski definition) is 2. The molecule has 2 rings (SSSR count). The monoisotopic (exact) mass is 280 g/mol. The minimum absolute atomic E-state index is 0.0784. The summed E-state index contributed by atoms with van der Waals surface area (Å²) in [6, 6.07) is 4.09. The highest BCUT2D eigenvalue weighted by Crippen LogP contribution is 2.35. The average Bonchev–Trinajstić information content (AvgIpc) is 2.45. The van der Waals surface area contributed by atoms with Crippen molar-refractivity contribution in [1.82, 2.24) is 5.32 Å². The average molecular weight is 280 g/mol. The number of nitrogen functional groups attached to an aromatic ring is 1. The lowest BCUT2D eigenvalue weighted by Gasteiger charge is -2.35. The number of para-hydroxylation sites is 1. The Labute approximate surface area is 115 Å². The standard InChI is InChI=1S/C12H16N4O4/c1-14-12(17)10-7-20-6-5-15(10)9-4-2-3-8(13)11(9)16(18)19/h2-4,10H,5-7,13H2,1H3,(H,14,17). The van der Waals surface area contributed by atoms with Crippen LogP contribution in [0.15, 0.2) is 18.2 Å². The fourth-order valence-corrected chi connectivity index (χ4v) is 2.26. The van der Waals surface area contributed by atoms with Gasteiger partial charge in [-0.1, -0.05) is 6.07 Å². The lowest BCUT2D eigenvalue weighted by molar-refractivity contribution is -0.383. The number of ether oxygens (including phenoxy) is 1. The molecule has 1 aromatic rings. The van der Waals surface area contributed by atoms with Gasteiger partial charge in [-0.2, -0.15) is 0 Å². The molecule has 1 amide bonds. The zero-order valence-electron chi connectivity index (χ0n) is 11.0. The predicted molar refractivity (Wildman–Crippen MR) is 73.5 cm³/mol. The Morgan fingerprint density at radius 2 is 2.35 bits per heavy atom. The Morgan fingerprint density at radius 1 is 1.60 bits per heavy atom. The van der Waals surface area contributed by atoms with Gasteiger partial charge < -0.3 is 20.7 Å². The van der Waals surface area contributed by atoms with Gasteiger partial charge in [-0.15, -0.1) is 0 Å². The molecule has 3 N–H and O–H groups in total. The molecule has 8 nitrogen and oxygen atoms in total. The van der Waals surface area contributed by atoms with Crippen LogP contribution in [-0.2, 0) is 9.53 Å². The molecule has 1 fully saturated rings. The summed E-state index contributed by atoms with van der Waals surface area (Å²) < 4.78 is 5.28. The van der Waals surface area contributed by atoms with Crippen molar-refractivity contribution in [1.29, 1.82) is 0 Å². The molecule has 108 valence electrons. The fraction of sp³-hybridized carbons (Fsp3) is 0.417. The number of rotatable bonds is 3. The van der Waals surface area contributed by atoms with Gasteiger partial charge in [0.25, 0.3) is 0 Å². The highest BCUT2D eigenvalue weighted by molar-refractivity contribution is 5.87. The van der Waals surface area contributed by atoms with E-state index in [1.807, 2.05) is 0 Å². The maximum Gasteiger partial charge on any atom is 0.315 e. The normalized spacial score (nSPS) is 18.6. The first-order valence-corrected chi connectivity index (χ1v) is 6.15. The van der Waals surface area contributed by atoms with Gasteiger partial charge in [0.1, 0.15) is 17.4 Å². The molecule has 1 saturated heterocycles. The molecule has 0 saturated carbocycles. The Hall–Kier alpha value is -2.35. The van der Waals surface area contributed by atoms with Crippen molar-refractivity contribution < 1.29 is 14.5 Å². The maximum atomic E-state index is 11.9. The van der Waals surface area contributed by atoms with Gasteiger partial charge in [-0.3, -0.25) is 14.9 Å². The van der Waals surface area contributed by atoms with Crippen molar-refractivity contribution in [2.24, 2.45) is 0 Å². The molecule has 8 heteroatoms. The number of hydrogen-bond acceptors (Lipinski definition) is 6. The zero-order valence-corrected chi connectivity index (χ0v) is 11.0. The van der Waals surface area contributed by atoms with Gasteiger partial charge in [-0.05, 0) is 12.1 Å². The highest BCUT2D eigenvalue weighted by atomic mass is 16.6. The summed E-state index contributed by atoms with van der Waals surface area (Å²) in [5, 5.41) is 13.7. The van der Waals surface area contributed by atoms with Gasteiger partial charge in [0.05, 0.1) is 18.1 Å². The second-order valence-corrected chi connectivity index (χ2v) is 4.37. The van der Waals surface area contributed by atoms with Crippen LogP contribution in [0, 0.1) is 10.1 Å². The van der Waals surface area contributed by atoms with Crippen molar-refractivity contribution in [2.75, 3.05) is 37.4 Å². The van der Waals surface area contributed by atoms with Crippen LogP contribution in [0.2, 0.25) is 0 Å². The smallest absolute Gasteiger partial charge is 0.315 e. The SMILES string of the molecule is CNC(=O)C1COCCN1c1cccc(N)c1[N+](=O)[O-]. The first-order chi connectivity index (χ1) is 9.56. The quantitative estimate of drug-likeness (QED) is 0.462. The summed E-state index contributed by atoms with van der Waals surface area (Å²) in [7, 11) is 1.52. The molecular formula is C12H16N4O4. The van der Waals surface area contributed by atoms with E-state index in [0.717, 1.165) is 0 Å². The molecule has 1 aromatic carbocycles. The molecule has 1 aliphatic rings. The topological polar surface area (TPSA) is 111 Å². The molecule has 1 atom stereocenters. The second-order valence-electron chi connectivity index (χ2n) is 4.37. The van der Waals surface area contributed by atoms with E-state index in [1.165, 1.54) is 13.1 Å². The van der Waals surface area contributed by atoms with Gasteiger partial charge in [0, 0.05) is 13.6 Å². The Kier molecular flexibility index (Phi) is 4.04. The number of nitrogens with zero attached hydrogens (tertiary/aromatic N) is 2. The lowest BCUT2D eigenvalue weighted by Crippen LogP contribution is -2.53. The van der Waals surface area contributed by atoms with E-state index in [-0.39, 0.29) is 23.9 Å². The molecule has 0 bridgehead atoms. The predicted octanol–water partition coefficient (Wildman–Crippen LogP) is 0.128. The van der Waals surface area contributed by atoms with Crippen LogP contribution in [-0.4, -0.2) is 43.7 Å². The number of carbonyl (C=O) groups excluding carboxylic acids is 1. The molecular weight excluding hydrogens is 264 g/mol. The summed E-state index contributed by atoms with van der Waals surface area (Å²) in [4.78, 5) is 24.2. The van der Waals surface area contributed by atoms with E-state index in [0.29, 0.717) is 18.8 Å². The van der Waals surface area contributed by atoms with E-state index in [2.05, 4.69) is 5.32 Å². The van der Waals surface area contributed by atoms with Crippen LogP contribution >= 0.6 is 0 Å². The summed E-state index contributed by atoms with van der Waals surface area (Å²) >= 11 is 0. The molecule has 0 spiro atoms. The first kappa shape index (κ1) is 14.1. The number of benzene rings is 1. The van der Waals surface area contributed by atoms with Crippen LogP contribution in [0.1, 0.15) is 0 Å². The third-order valence-corrected chi connectivity index (χ3v) is 3.22. The number of nitro groups is 1. The number of anilines is 2. The summed E-state index contributed by atoms with van der Waals surface area (Å²) in [6.45, 7) is 0.980. The van der Waals surface area contributed by atoms with Crippen molar-refractivity contribution in [3.05, 3.63) is 28.3 Å². The van der Waals surface area contributed by atoms with E-state index in [1.54, 1.807) is 17.0 Å². The zero-order chi connectivity index (χ0) is 14.7. The van der Waals surface area contributed by atoms with Crippen LogP contribution < -0.4 is 16.0 Å². The van der Waals surface area contributed by atoms with E-state index >= 15 is 0 Å². The van der Waals surface area contributed by atoms with E-state index in [9.17, 15) is 14.9 Å². The number of nitrogens with one attached hydrogen (secondary N) is 1. The first-order valence-electron chi connectivity index (χ1n) is 6.15. The number of morpholine rings is 1. The largest absolute Gasteiger partial charge is 0.393 e. The van der Waals surface area contributed by atoms with Crippen molar-refractivity contribution >= 4 is 23.0 Å². The fourth-order valence-electron chi connectivity index (χ4n) is 2.26. The van der Waals surface area contributed by atoms with E-state index < -0.39 is 11.0 Å². The van der Waals surface area contributed by atoms with Crippen molar-refractivity contribution in [2.45, 2.75) is 6.04 Å². The maximum absolute atomic E-state index is 11.9. The Morgan fingerprint density at radius 3 is 3.00 bits per heavy atom. The third-order valence-electron chi connectivity index (χ3n) is 3.22. The number of amides is 1. The summed E-state index contributed by atoms with van der Waals surface area (Å²) in [6.07, 6.45) is 0. The number of nitro benzene ring substituents is 1. The van der Waals surface area contributed by atoms with Gasteiger partial charge in [0.15, 0.2) is 0 Å². The number of likely N-dealkylation sites (N-methyl/N-ethyl adjacent to an activating group) is 1. The molecule has 20 heavy (non-hydrogen) atoms. The van der Waals surface area contributed by atoms with Crippen molar-refractivity contribution in [3.63, 3.8) is 0 Å². The molecule has 1 unspecified atom stereocenters. The minimum atomic E-state index is -0.603. The number of nitrogens with two attached hydrogens (primary N) is 1. The molecule has 0 aromatic heterocycles. The van der Waals surface area contributed by atoms with Gasteiger partial charge in [-0.25, -0.2) is 0 Å². The minimum Gasteiger partial charge on any atom is -0.393 e. The Balaban J connectivity index is 2.45. The van der Waals surface area contributed by atoms with Crippen molar-refractivity contribution in [3.8, 4) is 0 Å². The van der Waals surface area contributed by atoms with Crippen LogP contribution in [0.3, 0.4) is 0 Å². The second kappa shape index (κ2) is 5.74. The lowest BCUT2D eigenvalue weighted by atomic mass is 10.1. The molecule has 0 radical (unpaired) electrons.